The summed E-state index contributed by atoms with van der Waals surface area (Å²) in [6, 6.07) is 13.3. The van der Waals surface area contributed by atoms with Crippen LogP contribution in [0.25, 0.3) is 38.1 Å². The van der Waals surface area contributed by atoms with Crippen LogP contribution in [0.15, 0.2) is 59.5 Å². The largest absolute Gasteiger partial charge is 0.470 e. The van der Waals surface area contributed by atoms with Crippen LogP contribution in [0.4, 0.5) is 8.78 Å². The van der Waals surface area contributed by atoms with Gasteiger partial charge < -0.3 is 9.47 Å². The van der Waals surface area contributed by atoms with E-state index in [0.29, 0.717) is 28.7 Å². The lowest BCUT2D eigenvalue weighted by Crippen LogP contribution is -2.20. The summed E-state index contributed by atoms with van der Waals surface area (Å²) in [5.41, 5.74) is 2.66. The van der Waals surface area contributed by atoms with Gasteiger partial charge in [0, 0.05) is 24.2 Å². The quantitative estimate of drug-likeness (QED) is 0.351. The van der Waals surface area contributed by atoms with Gasteiger partial charge >= 0.3 is 6.61 Å². The highest BCUT2D eigenvalue weighted by Gasteiger charge is 2.18. The minimum Gasteiger partial charge on any atom is -0.470 e. The molecule has 0 aliphatic rings. The topological polar surface area (TPSA) is 71.2 Å². The van der Waals surface area contributed by atoms with Crippen molar-refractivity contribution in [1.29, 1.82) is 0 Å². The van der Waals surface area contributed by atoms with Gasteiger partial charge in [0.05, 0.1) is 22.5 Å². The van der Waals surface area contributed by atoms with E-state index in [2.05, 4.69) is 14.8 Å². The molecule has 0 saturated carbocycles. The maximum absolute atomic E-state index is 13.7. The third kappa shape index (κ3) is 3.93. The molecular weight excluding hydrogens is 450 g/mol. The molecule has 0 N–H and O–H groups in total. The molecule has 168 valence electrons. The maximum atomic E-state index is 13.7. The molecule has 0 aliphatic carbocycles. The summed E-state index contributed by atoms with van der Waals surface area (Å²) in [4.78, 5) is 18.2. The zero-order valence-electron chi connectivity index (χ0n) is 17.7. The molecule has 2 aromatic carbocycles. The van der Waals surface area contributed by atoms with Gasteiger partial charge in [0.15, 0.2) is 5.65 Å². The van der Waals surface area contributed by atoms with Crippen LogP contribution in [-0.4, -0.2) is 32.5 Å². The number of aryl methyl sites for hydroxylation is 1. The third-order valence-electron chi connectivity index (χ3n) is 5.05. The van der Waals surface area contributed by atoms with Crippen LogP contribution in [0.3, 0.4) is 0 Å². The molecule has 5 rings (SSSR count). The van der Waals surface area contributed by atoms with Crippen molar-refractivity contribution in [3.05, 3.63) is 65.1 Å². The van der Waals surface area contributed by atoms with Gasteiger partial charge in [0.2, 0.25) is 0 Å². The second-order valence-electron chi connectivity index (χ2n) is 7.25. The molecule has 0 spiro atoms. The van der Waals surface area contributed by atoms with E-state index in [1.165, 1.54) is 28.0 Å². The fourth-order valence-corrected chi connectivity index (χ4v) is 4.59. The van der Waals surface area contributed by atoms with Gasteiger partial charge in [-0.25, -0.2) is 0 Å². The molecular formula is C23H18F2N4O3S. The van der Waals surface area contributed by atoms with Crippen LogP contribution in [0.1, 0.15) is 6.92 Å². The second-order valence-corrected chi connectivity index (χ2v) is 8.24. The monoisotopic (exact) mass is 468 g/mol. The first-order valence-electron chi connectivity index (χ1n) is 10.1. The summed E-state index contributed by atoms with van der Waals surface area (Å²) in [5.74, 6) is 0.00418. The Morgan fingerprint density at radius 1 is 1.12 bits per heavy atom. The van der Waals surface area contributed by atoms with E-state index in [4.69, 9.17) is 4.74 Å². The van der Waals surface area contributed by atoms with Gasteiger partial charge in [0.25, 0.3) is 10.8 Å². The number of alkyl halides is 2. The van der Waals surface area contributed by atoms with E-state index >= 15 is 0 Å². The highest BCUT2D eigenvalue weighted by molar-refractivity contribution is 7.20. The van der Waals surface area contributed by atoms with Gasteiger partial charge in [0.1, 0.15) is 5.75 Å². The lowest BCUT2D eigenvalue weighted by atomic mass is 10.1. The summed E-state index contributed by atoms with van der Waals surface area (Å²) in [6.07, 6.45) is 1.89. The number of benzene rings is 2. The van der Waals surface area contributed by atoms with Crippen LogP contribution in [0.5, 0.6) is 10.9 Å². The highest BCUT2D eigenvalue weighted by Crippen LogP contribution is 2.32. The Labute approximate surface area is 190 Å². The fraction of sp³-hybridized carbons (Fsp3) is 0.174. The minimum absolute atomic E-state index is 0.00418. The Kier molecular flexibility index (Phi) is 5.29. The van der Waals surface area contributed by atoms with Crippen molar-refractivity contribution in [3.63, 3.8) is 0 Å². The number of aromatic nitrogens is 4. The number of ether oxygens (including phenoxy) is 2. The molecule has 3 heterocycles. The average molecular weight is 468 g/mol. The van der Waals surface area contributed by atoms with Crippen molar-refractivity contribution >= 4 is 32.6 Å². The summed E-state index contributed by atoms with van der Waals surface area (Å²) in [6.45, 7) is -0.632. The standard InChI is InChI=1S/C23H18F2N4O3S/c1-3-31-23-26-20-19(33-23)11-17(13-4-9-18-14(10-13)12-28(2)27-18)21(30)29(20)15-5-7-16(8-6-15)32-22(24)25/h4-12,22H,3H2,1-2H3. The normalized spacial score (nSPS) is 11.5. The first-order valence-corrected chi connectivity index (χ1v) is 10.9. The predicted octanol–water partition coefficient (Wildman–Crippen LogP) is 5.00. The van der Waals surface area contributed by atoms with E-state index in [9.17, 15) is 13.6 Å². The molecule has 0 bridgehead atoms. The fourth-order valence-electron chi connectivity index (χ4n) is 3.69. The molecule has 0 fully saturated rings. The van der Waals surface area contributed by atoms with Crippen molar-refractivity contribution in [3.8, 4) is 27.8 Å². The smallest absolute Gasteiger partial charge is 0.387 e. The van der Waals surface area contributed by atoms with E-state index in [1.54, 1.807) is 22.9 Å². The third-order valence-corrected chi connectivity index (χ3v) is 5.96. The van der Waals surface area contributed by atoms with E-state index in [1.807, 2.05) is 38.4 Å². The average Bonchev–Trinajstić information content (AvgIpc) is 3.35. The Bertz CT molecular complexity index is 1520. The van der Waals surface area contributed by atoms with Crippen LogP contribution < -0.4 is 15.0 Å². The number of pyridine rings is 1. The number of rotatable bonds is 6. The Morgan fingerprint density at radius 2 is 1.91 bits per heavy atom. The van der Waals surface area contributed by atoms with E-state index in [-0.39, 0.29) is 11.3 Å². The van der Waals surface area contributed by atoms with Crippen LogP contribution in [0, 0.1) is 0 Å². The van der Waals surface area contributed by atoms with Gasteiger partial charge in [-0.2, -0.15) is 18.9 Å². The number of hydrogen-bond donors (Lipinski definition) is 0. The lowest BCUT2D eigenvalue weighted by molar-refractivity contribution is -0.0498. The molecule has 7 nitrogen and oxygen atoms in total. The van der Waals surface area contributed by atoms with Gasteiger partial charge in [-0.15, -0.1) is 0 Å². The maximum Gasteiger partial charge on any atom is 0.387 e. The lowest BCUT2D eigenvalue weighted by Gasteiger charge is -2.11. The van der Waals surface area contributed by atoms with Crippen molar-refractivity contribution in [1.82, 2.24) is 19.3 Å². The molecule has 0 atom stereocenters. The Hall–Kier alpha value is -3.79. The highest BCUT2D eigenvalue weighted by atomic mass is 32.1. The zero-order chi connectivity index (χ0) is 23.1. The first-order chi connectivity index (χ1) is 15.9. The number of hydrogen-bond acceptors (Lipinski definition) is 6. The van der Waals surface area contributed by atoms with Gasteiger partial charge in [-0.3, -0.25) is 14.0 Å². The summed E-state index contributed by atoms with van der Waals surface area (Å²) < 4.78 is 39.0. The molecule has 0 aliphatic heterocycles. The summed E-state index contributed by atoms with van der Waals surface area (Å²) >= 11 is 1.33. The van der Waals surface area contributed by atoms with Crippen LogP contribution in [-0.2, 0) is 7.05 Å². The molecule has 33 heavy (non-hydrogen) atoms. The number of nitrogens with zero attached hydrogens (tertiary/aromatic N) is 4. The predicted molar refractivity (Wildman–Crippen MR) is 123 cm³/mol. The SMILES string of the molecule is CCOc1nc2c(cc(-c3ccc4nn(C)cc4c3)c(=O)n2-c2ccc(OC(F)F)cc2)s1. The minimum atomic E-state index is -2.93. The van der Waals surface area contributed by atoms with Crippen LogP contribution in [0.2, 0.25) is 0 Å². The molecule has 5 aromatic rings. The van der Waals surface area contributed by atoms with Crippen molar-refractivity contribution in [2.45, 2.75) is 13.5 Å². The van der Waals surface area contributed by atoms with E-state index < -0.39 is 6.61 Å². The van der Waals surface area contributed by atoms with Crippen molar-refractivity contribution in [2.75, 3.05) is 6.61 Å². The molecule has 0 saturated heterocycles. The second kappa shape index (κ2) is 8.28. The summed E-state index contributed by atoms with van der Waals surface area (Å²) in [7, 11) is 1.84. The van der Waals surface area contributed by atoms with Gasteiger partial charge in [-0.05, 0) is 55.0 Å². The van der Waals surface area contributed by atoms with Crippen LogP contribution >= 0.6 is 11.3 Å². The van der Waals surface area contributed by atoms with Crippen molar-refractivity contribution in [2.24, 2.45) is 7.05 Å². The Morgan fingerprint density at radius 3 is 2.64 bits per heavy atom. The summed E-state index contributed by atoms with van der Waals surface area (Å²) in [5, 5.41) is 5.74. The molecule has 0 amide bonds. The van der Waals surface area contributed by atoms with Crippen molar-refractivity contribution < 1.29 is 18.3 Å². The van der Waals surface area contributed by atoms with E-state index in [0.717, 1.165) is 21.2 Å². The zero-order valence-corrected chi connectivity index (χ0v) is 18.5. The molecule has 0 unspecified atom stereocenters. The van der Waals surface area contributed by atoms with Gasteiger partial charge in [-0.1, -0.05) is 17.4 Å². The number of fused-ring (bicyclic) bond motifs is 2. The molecule has 10 heteroatoms. The Balaban J connectivity index is 1.72. The number of halogens is 2. The molecule has 0 radical (unpaired) electrons. The first kappa shape index (κ1) is 21.1. The number of thiazole rings is 1. The molecule has 3 aromatic heterocycles.